The number of halogens is 3. The van der Waals surface area contributed by atoms with Gasteiger partial charge in [-0.2, -0.15) is 30.0 Å². The number of carboxylic acids is 1. The van der Waals surface area contributed by atoms with E-state index in [0.717, 1.165) is 23.9 Å². The van der Waals surface area contributed by atoms with Crippen molar-refractivity contribution < 1.29 is 32.7 Å². The molecule has 1 fully saturated rings. The van der Waals surface area contributed by atoms with Crippen LogP contribution in [0.25, 0.3) is 5.69 Å². The number of nitrogens with two attached hydrogens (primary N) is 1. The van der Waals surface area contributed by atoms with E-state index in [1.165, 1.54) is 29.0 Å². The van der Waals surface area contributed by atoms with Crippen molar-refractivity contribution in [1.29, 1.82) is 0 Å². The molecule has 1 aliphatic carbocycles. The van der Waals surface area contributed by atoms with Gasteiger partial charge in [0.25, 0.3) is 5.91 Å². The molecule has 0 bridgehead atoms. The number of carbonyl (C=O) groups is 2. The summed E-state index contributed by atoms with van der Waals surface area (Å²) in [5.74, 6) is -0.993. The molecule has 13 heteroatoms. The Morgan fingerprint density at radius 2 is 1.81 bits per heavy atom. The molecular formula is C34H36F3N5O4S. The van der Waals surface area contributed by atoms with Gasteiger partial charge in [0.05, 0.1) is 18.0 Å². The minimum Gasteiger partial charge on any atom is -0.479 e. The Kier molecular flexibility index (Phi) is 10.6. The summed E-state index contributed by atoms with van der Waals surface area (Å²) < 4.78 is 42.2. The topological polar surface area (TPSA) is 123 Å². The number of anilines is 2. The molecule has 5 rings (SSSR count). The van der Waals surface area contributed by atoms with E-state index in [9.17, 15) is 27.9 Å². The molecule has 248 valence electrons. The van der Waals surface area contributed by atoms with E-state index in [1.54, 1.807) is 60.7 Å². The monoisotopic (exact) mass is 667 g/mol. The van der Waals surface area contributed by atoms with Gasteiger partial charge in [-0.3, -0.25) is 9.63 Å². The number of hydroxylamine groups is 1. The molecule has 1 amide bonds. The quantitative estimate of drug-likeness (QED) is 0.117. The number of carboxylic acid groups (broad SMARTS) is 1. The number of hydrogen-bond donors (Lipinski definition) is 3. The first-order valence-corrected chi connectivity index (χ1v) is 16.5. The maximum atomic E-state index is 13.7. The highest BCUT2D eigenvalue weighted by molar-refractivity contribution is 7.98. The number of rotatable bonds is 15. The Balaban J connectivity index is 1.54. The van der Waals surface area contributed by atoms with Crippen molar-refractivity contribution in [3.05, 3.63) is 107 Å². The molecule has 4 N–H and O–H groups in total. The van der Waals surface area contributed by atoms with Crippen LogP contribution in [0, 0.1) is 5.92 Å². The average molecular weight is 668 g/mol. The Hall–Kier alpha value is -4.33. The molecule has 1 atom stereocenters. The normalized spacial score (nSPS) is 14.4. The summed E-state index contributed by atoms with van der Waals surface area (Å²) in [5.41, 5.74) is 4.35. The SMILES string of the molecule is CSCC[C@@](C(=O)O)(c1cccc(NC(=O)c2cc(C(F)(F)F)nn2-c2cccc(CN)c2)c1)N(OCCC1CC1)c1ccccc1. The molecule has 0 unspecified atom stereocenters. The summed E-state index contributed by atoms with van der Waals surface area (Å²) in [4.78, 5) is 33.3. The van der Waals surface area contributed by atoms with E-state index in [-0.39, 0.29) is 30.0 Å². The maximum absolute atomic E-state index is 13.7. The number of aromatic nitrogens is 2. The summed E-state index contributed by atoms with van der Waals surface area (Å²) in [6, 6.07) is 22.4. The number of carbonyl (C=O) groups excluding carboxylic acids is 1. The minimum atomic E-state index is -4.80. The van der Waals surface area contributed by atoms with Crippen molar-refractivity contribution in [3.8, 4) is 5.69 Å². The number of para-hydroxylation sites is 1. The molecule has 1 saturated carbocycles. The first-order chi connectivity index (χ1) is 22.6. The molecule has 0 saturated heterocycles. The molecule has 1 aliphatic rings. The number of nitrogens with zero attached hydrogens (tertiary/aromatic N) is 3. The Bertz CT molecular complexity index is 1700. The first-order valence-electron chi connectivity index (χ1n) is 15.2. The van der Waals surface area contributed by atoms with Crippen LogP contribution in [0.4, 0.5) is 24.5 Å². The summed E-state index contributed by atoms with van der Waals surface area (Å²) in [7, 11) is 0. The highest BCUT2D eigenvalue weighted by Gasteiger charge is 2.48. The van der Waals surface area contributed by atoms with Crippen LogP contribution < -0.4 is 16.1 Å². The fraction of sp³-hybridized carbons (Fsp3) is 0.324. The van der Waals surface area contributed by atoms with Crippen LogP contribution in [0.15, 0.2) is 84.9 Å². The van der Waals surface area contributed by atoms with Crippen molar-refractivity contribution in [3.63, 3.8) is 0 Å². The van der Waals surface area contributed by atoms with Crippen LogP contribution in [0.1, 0.15) is 53.0 Å². The van der Waals surface area contributed by atoms with E-state index in [4.69, 9.17) is 10.6 Å². The van der Waals surface area contributed by atoms with Crippen LogP contribution in [0.5, 0.6) is 0 Å². The fourth-order valence-corrected chi connectivity index (χ4v) is 5.86. The number of thioether (sulfide) groups is 1. The molecule has 47 heavy (non-hydrogen) atoms. The predicted molar refractivity (Wildman–Crippen MR) is 175 cm³/mol. The molecule has 9 nitrogen and oxygen atoms in total. The van der Waals surface area contributed by atoms with Crippen molar-refractivity contribution in [1.82, 2.24) is 9.78 Å². The predicted octanol–water partition coefficient (Wildman–Crippen LogP) is 6.87. The van der Waals surface area contributed by atoms with E-state index < -0.39 is 29.3 Å². The van der Waals surface area contributed by atoms with E-state index >= 15 is 0 Å². The zero-order chi connectivity index (χ0) is 33.6. The van der Waals surface area contributed by atoms with Crippen molar-refractivity contribution in [2.45, 2.75) is 43.9 Å². The first kappa shape index (κ1) is 34.0. The lowest BCUT2D eigenvalue weighted by Gasteiger charge is -2.41. The number of benzene rings is 3. The summed E-state index contributed by atoms with van der Waals surface area (Å²) in [6.07, 6.45) is 0.261. The third-order valence-corrected chi connectivity index (χ3v) is 8.64. The number of nitrogens with one attached hydrogen (secondary N) is 1. The van der Waals surface area contributed by atoms with E-state index in [2.05, 4.69) is 10.4 Å². The van der Waals surface area contributed by atoms with Crippen LogP contribution >= 0.6 is 11.8 Å². The summed E-state index contributed by atoms with van der Waals surface area (Å²) in [5, 5.41) is 18.8. The highest BCUT2D eigenvalue weighted by atomic mass is 32.2. The second kappa shape index (κ2) is 14.6. The second-order valence-corrected chi connectivity index (χ2v) is 12.3. The molecule has 1 heterocycles. The van der Waals surface area contributed by atoms with Crippen molar-refractivity contribution in [2.24, 2.45) is 11.7 Å². The van der Waals surface area contributed by atoms with Gasteiger partial charge >= 0.3 is 12.1 Å². The van der Waals surface area contributed by atoms with Gasteiger partial charge in [0, 0.05) is 18.3 Å². The fourth-order valence-electron chi connectivity index (χ4n) is 5.36. The number of amides is 1. The molecule has 0 spiro atoms. The Morgan fingerprint density at radius 1 is 1.06 bits per heavy atom. The van der Waals surface area contributed by atoms with Gasteiger partial charge in [0.2, 0.25) is 0 Å². The lowest BCUT2D eigenvalue weighted by molar-refractivity contribution is -0.148. The van der Waals surface area contributed by atoms with Gasteiger partial charge in [-0.15, -0.1) is 0 Å². The van der Waals surface area contributed by atoms with Crippen LogP contribution in [0.2, 0.25) is 0 Å². The number of alkyl halides is 3. The van der Waals surface area contributed by atoms with Gasteiger partial charge in [0.15, 0.2) is 11.2 Å². The zero-order valence-electron chi connectivity index (χ0n) is 25.7. The van der Waals surface area contributed by atoms with Crippen LogP contribution in [0.3, 0.4) is 0 Å². The van der Waals surface area contributed by atoms with Gasteiger partial charge < -0.3 is 16.2 Å². The highest BCUT2D eigenvalue weighted by Crippen LogP contribution is 2.40. The third kappa shape index (κ3) is 7.80. The molecule has 0 aliphatic heterocycles. The van der Waals surface area contributed by atoms with Crippen LogP contribution in [-0.4, -0.2) is 45.4 Å². The Morgan fingerprint density at radius 3 is 2.47 bits per heavy atom. The standard InChI is InChI=1S/C34H36F3N5O4S/c1-47-18-16-33(32(44)45,42(27-10-3-2-4-11-27)46-17-15-23-13-14-23)25-8-6-9-26(20-25)39-31(43)29-21-30(34(35,36)37)40-41(29)28-12-5-7-24(19-28)22-38/h2-12,19-21,23H,13-18,22,38H2,1H3,(H,39,43)(H,44,45)/t33-/m0/s1. The smallest absolute Gasteiger partial charge is 0.435 e. The largest absolute Gasteiger partial charge is 0.479 e. The van der Waals surface area contributed by atoms with Crippen molar-refractivity contribution in [2.75, 3.05) is 29.0 Å². The lowest BCUT2D eigenvalue weighted by Crippen LogP contribution is -2.53. The number of hydrogen-bond acceptors (Lipinski definition) is 7. The van der Waals surface area contributed by atoms with E-state index in [1.807, 2.05) is 12.3 Å². The molecule has 4 aromatic rings. The minimum absolute atomic E-state index is 0.141. The third-order valence-electron chi connectivity index (χ3n) is 8.02. The van der Waals surface area contributed by atoms with Gasteiger partial charge in [-0.25, -0.2) is 14.5 Å². The summed E-state index contributed by atoms with van der Waals surface area (Å²) in [6.45, 7) is 0.461. The zero-order valence-corrected chi connectivity index (χ0v) is 26.6. The summed E-state index contributed by atoms with van der Waals surface area (Å²) >= 11 is 1.49. The van der Waals surface area contributed by atoms with Gasteiger partial charge in [-0.05, 0) is 78.3 Å². The second-order valence-electron chi connectivity index (χ2n) is 11.3. The lowest BCUT2D eigenvalue weighted by atomic mass is 9.85. The Labute approximate surface area is 274 Å². The molecule has 0 radical (unpaired) electrons. The number of aliphatic carboxylic acids is 1. The van der Waals surface area contributed by atoms with Gasteiger partial charge in [0.1, 0.15) is 5.69 Å². The molecular weight excluding hydrogens is 631 g/mol. The van der Waals surface area contributed by atoms with Crippen molar-refractivity contribution >= 4 is 35.0 Å². The average Bonchev–Trinajstić information content (AvgIpc) is 3.77. The van der Waals surface area contributed by atoms with E-state index in [0.29, 0.717) is 41.2 Å². The maximum Gasteiger partial charge on any atom is 0.435 e. The van der Waals surface area contributed by atoms with Gasteiger partial charge in [-0.1, -0.05) is 55.3 Å². The molecule has 1 aromatic heterocycles. The van der Waals surface area contributed by atoms with Crippen LogP contribution in [-0.2, 0) is 27.9 Å². The molecule has 3 aromatic carbocycles.